The van der Waals surface area contributed by atoms with Crippen molar-refractivity contribution in [2.45, 2.75) is 59.2 Å². The van der Waals surface area contributed by atoms with Gasteiger partial charge in [-0.25, -0.2) is 0 Å². The third-order valence-electron chi connectivity index (χ3n) is 5.43. The molecule has 5 atom stereocenters. The van der Waals surface area contributed by atoms with Crippen molar-refractivity contribution in [3.05, 3.63) is 48.2 Å². The van der Waals surface area contributed by atoms with Crippen molar-refractivity contribution in [1.82, 2.24) is 0 Å². The van der Waals surface area contributed by atoms with E-state index in [1.54, 1.807) is 6.26 Å². The van der Waals surface area contributed by atoms with Crippen LogP contribution in [-0.4, -0.2) is 18.0 Å². The maximum atomic E-state index is 10.3. The predicted octanol–water partition coefficient (Wildman–Crippen LogP) is 5.32. The smallest absolute Gasteiger partial charge is 0.188 e. The summed E-state index contributed by atoms with van der Waals surface area (Å²) in [4.78, 5) is 0. The highest BCUT2D eigenvalue weighted by Crippen LogP contribution is 2.35. The van der Waals surface area contributed by atoms with Crippen molar-refractivity contribution in [3.8, 4) is 0 Å². The van der Waals surface area contributed by atoms with E-state index in [1.807, 2.05) is 43.3 Å². The maximum absolute atomic E-state index is 10.3. The van der Waals surface area contributed by atoms with Crippen LogP contribution in [0.4, 0.5) is 0 Å². The van der Waals surface area contributed by atoms with Gasteiger partial charge in [0.15, 0.2) is 6.79 Å². The molecule has 0 unspecified atom stereocenters. The minimum Gasteiger partial charge on any atom is -0.475 e. The fourth-order valence-electron chi connectivity index (χ4n) is 3.71. The summed E-state index contributed by atoms with van der Waals surface area (Å²) >= 11 is 0. The van der Waals surface area contributed by atoms with Gasteiger partial charge in [0.05, 0.1) is 18.5 Å². The van der Waals surface area contributed by atoms with Gasteiger partial charge in [-0.1, -0.05) is 64.4 Å². The van der Waals surface area contributed by atoms with E-state index in [4.69, 9.17) is 9.47 Å². The van der Waals surface area contributed by atoms with Crippen molar-refractivity contribution in [1.29, 1.82) is 0 Å². The van der Waals surface area contributed by atoms with Crippen LogP contribution in [0.5, 0.6) is 0 Å². The molecule has 3 heteroatoms. The molecular weight excluding hydrogens is 312 g/mol. The third-order valence-corrected chi connectivity index (χ3v) is 5.43. The summed E-state index contributed by atoms with van der Waals surface area (Å²) in [6.07, 6.45) is 7.01. The fraction of sp³-hybridized carbons (Fsp3) is 0.636. The zero-order valence-electron chi connectivity index (χ0n) is 16.1. The van der Waals surface area contributed by atoms with Gasteiger partial charge in [0, 0.05) is 5.92 Å². The minimum absolute atomic E-state index is 0.0134. The Balaban J connectivity index is 1.75. The summed E-state index contributed by atoms with van der Waals surface area (Å²) in [6.45, 7) is 9.14. The van der Waals surface area contributed by atoms with Gasteiger partial charge < -0.3 is 14.6 Å². The van der Waals surface area contributed by atoms with Gasteiger partial charge in [0.25, 0.3) is 0 Å². The van der Waals surface area contributed by atoms with E-state index >= 15 is 0 Å². The highest BCUT2D eigenvalue weighted by Gasteiger charge is 2.31. The molecule has 1 fully saturated rings. The molecule has 0 spiro atoms. The lowest BCUT2D eigenvalue weighted by atomic mass is 9.75. The molecular formula is C22H34O3. The molecule has 0 saturated heterocycles. The van der Waals surface area contributed by atoms with Crippen LogP contribution in [0.25, 0.3) is 0 Å². The van der Waals surface area contributed by atoms with Crippen LogP contribution in [0.15, 0.2) is 42.7 Å². The lowest BCUT2D eigenvalue weighted by molar-refractivity contribution is -0.106. The second-order valence-electron chi connectivity index (χ2n) is 7.86. The summed E-state index contributed by atoms with van der Waals surface area (Å²) in [5.74, 6) is 1.99. The molecule has 1 saturated carbocycles. The van der Waals surface area contributed by atoms with Gasteiger partial charge in [0.2, 0.25) is 0 Å². The van der Waals surface area contributed by atoms with Crippen LogP contribution in [-0.2, 0) is 9.47 Å². The van der Waals surface area contributed by atoms with Gasteiger partial charge in [-0.2, -0.15) is 0 Å². The average molecular weight is 347 g/mol. The van der Waals surface area contributed by atoms with Crippen LogP contribution in [0.2, 0.25) is 0 Å². The standard InChI is InChI=1S/C22H34O3/c1-16(2)20-11-10-17(3)14-21(20)25-15-24-13-12-18(4)22(23)19-8-6-5-7-9-19/h5-9,12-13,16-18,20-23H,10-11,14-15H2,1-4H3/b13-12-/t17-,18-,20+,21-,22-/m1/s1. The molecule has 0 bridgehead atoms. The Bertz CT molecular complexity index is 511. The first-order chi connectivity index (χ1) is 12.0. The Morgan fingerprint density at radius 3 is 2.56 bits per heavy atom. The number of aliphatic hydroxyl groups is 1. The van der Waals surface area contributed by atoms with Crippen LogP contribution in [0, 0.1) is 23.7 Å². The third kappa shape index (κ3) is 6.16. The molecule has 25 heavy (non-hydrogen) atoms. The molecule has 1 aromatic carbocycles. The topological polar surface area (TPSA) is 38.7 Å². The first-order valence-electron chi connectivity index (χ1n) is 9.62. The van der Waals surface area contributed by atoms with Crippen molar-refractivity contribution in [2.75, 3.05) is 6.79 Å². The molecule has 1 aliphatic rings. The Morgan fingerprint density at radius 2 is 1.88 bits per heavy atom. The highest BCUT2D eigenvalue weighted by atomic mass is 16.7. The van der Waals surface area contributed by atoms with Crippen LogP contribution < -0.4 is 0 Å². The van der Waals surface area contributed by atoms with Gasteiger partial charge in [-0.05, 0) is 42.2 Å². The maximum Gasteiger partial charge on any atom is 0.188 e. The lowest BCUT2D eigenvalue weighted by Crippen LogP contribution is -2.34. The molecule has 0 radical (unpaired) electrons. The molecule has 1 aromatic rings. The van der Waals surface area contributed by atoms with Gasteiger partial charge in [0.1, 0.15) is 0 Å². The Labute approximate surface area is 153 Å². The summed E-state index contributed by atoms with van der Waals surface area (Å²) in [6, 6.07) is 9.71. The van der Waals surface area contributed by atoms with Gasteiger partial charge in [-0.3, -0.25) is 0 Å². The number of aliphatic hydroxyl groups excluding tert-OH is 1. The predicted molar refractivity (Wildman–Crippen MR) is 102 cm³/mol. The summed E-state index contributed by atoms with van der Waals surface area (Å²) < 4.78 is 11.6. The zero-order valence-corrected chi connectivity index (χ0v) is 16.1. The first-order valence-corrected chi connectivity index (χ1v) is 9.62. The van der Waals surface area contributed by atoms with E-state index in [0.717, 1.165) is 17.9 Å². The number of ether oxygens (including phenoxy) is 2. The van der Waals surface area contributed by atoms with E-state index in [1.165, 1.54) is 12.8 Å². The zero-order chi connectivity index (χ0) is 18.2. The Kier molecular flexibility index (Phi) is 7.98. The summed E-state index contributed by atoms with van der Waals surface area (Å²) in [7, 11) is 0. The number of hydrogen-bond donors (Lipinski definition) is 1. The summed E-state index contributed by atoms with van der Waals surface area (Å²) in [5.41, 5.74) is 0.923. The van der Waals surface area contributed by atoms with Crippen molar-refractivity contribution in [3.63, 3.8) is 0 Å². The van der Waals surface area contributed by atoms with Crippen molar-refractivity contribution in [2.24, 2.45) is 23.7 Å². The van der Waals surface area contributed by atoms with E-state index in [9.17, 15) is 5.11 Å². The van der Waals surface area contributed by atoms with E-state index < -0.39 is 6.10 Å². The first kappa shape index (κ1) is 20.0. The second kappa shape index (κ2) is 9.98. The fourth-order valence-corrected chi connectivity index (χ4v) is 3.71. The molecule has 0 aliphatic heterocycles. The minimum atomic E-state index is -0.522. The lowest BCUT2D eigenvalue weighted by Gasteiger charge is -2.36. The van der Waals surface area contributed by atoms with Crippen molar-refractivity contribution < 1.29 is 14.6 Å². The molecule has 1 N–H and O–H groups in total. The molecule has 2 rings (SSSR count). The van der Waals surface area contributed by atoms with Gasteiger partial charge >= 0.3 is 0 Å². The molecule has 0 heterocycles. The highest BCUT2D eigenvalue weighted by molar-refractivity contribution is 5.18. The number of benzene rings is 1. The van der Waals surface area contributed by atoms with E-state index in [0.29, 0.717) is 17.9 Å². The molecule has 0 amide bonds. The molecule has 1 aliphatic carbocycles. The quantitative estimate of drug-likeness (QED) is 0.393. The van der Waals surface area contributed by atoms with Crippen LogP contribution in [0.1, 0.15) is 58.6 Å². The Morgan fingerprint density at radius 1 is 1.16 bits per heavy atom. The Hall–Kier alpha value is -1.32. The largest absolute Gasteiger partial charge is 0.475 e. The summed E-state index contributed by atoms with van der Waals surface area (Å²) in [5, 5.41) is 10.3. The van der Waals surface area contributed by atoms with Crippen LogP contribution in [0.3, 0.4) is 0 Å². The monoisotopic (exact) mass is 346 g/mol. The molecule has 0 aromatic heterocycles. The van der Waals surface area contributed by atoms with E-state index in [-0.39, 0.29) is 12.7 Å². The number of rotatable bonds is 8. The van der Waals surface area contributed by atoms with Crippen molar-refractivity contribution >= 4 is 0 Å². The average Bonchev–Trinajstić information content (AvgIpc) is 2.61. The van der Waals surface area contributed by atoms with E-state index in [2.05, 4.69) is 20.8 Å². The van der Waals surface area contributed by atoms with Crippen LogP contribution >= 0.6 is 0 Å². The number of hydrogen-bond acceptors (Lipinski definition) is 3. The SMILES string of the molecule is CC(C)[C@@H]1CC[C@@H](C)C[C@H]1OCO/C=C\[C@@H](C)[C@@H](O)c1ccccc1. The molecule has 3 nitrogen and oxygen atoms in total. The van der Waals surface area contributed by atoms with Gasteiger partial charge in [-0.15, -0.1) is 0 Å². The second-order valence-corrected chi connectivity index (χ2v) is 7.86. The normalized spacial score (nSPS) is 26.7. The molecule has 140 valence electrons.